The summed E-state index contributed by atoms with van der Waals surface area (Å²) >= 11 is 0. The van der Waals surface area contributed by atoms with Gasteiger partial charge < -0.3 is 9.47 Å². The van der Waals surface area contributed by atoms with E-state index in [-0.39, 0.29) is 12.7 Å². The molecule has 0 aromatic heterocycles. The van der Waals surface area contributed by atoms with Crippen molar-refractivity contribution >= 4 is 16.3 Å². The smallest absolute Gasteiger partial charge is 0.410 e. The summed E-state index contributed by atoms with van der Waals surface area (Å²) in [5.41, 5.74) is 1.31. The molecule has 1 aliphatic carbocycles. The molecule has 1 aliphatic heterocycles. The Balaban J connectivity index is 1.63. The summed E-state index contributed by atoms with van der Waals surface area (Å²) in [5, 5.41) is 0. The van der Waals surface area contributed by atoms with Crippen molar-refractivity contribution in [2.75, 3.05) is 20.3 Å². The second-order valence-electron chi connectivity index (χ2n) is 8.68. The largest absolute Gasteiger partial charge is 0.443 e. The van der Waals surface area contributed by atoms with Gasteiger partial charge in [-0.2, -0.15) is 13.1 Å². The Morgan fingerprint density at radius 3 is 2.45 bits per heavy atom. The number of ether oxygens (including phenoxy) is 2. The van der Waals surface area contributed by atoms with Crippen LogP contribution in [0.4, 0.5) is 13.6 Å². The van der Waals surface area contributed by atoms with Gasteiger partial charge in [-0.1, -0.05) is 30.3 Å². The summed E-state index contributed by atoms with van der Waals surface area (Å²) in [6.45, 7) is 0.813. The van der Waals surface area contributed by atoms with Gasteiger partial charge in [0.1, 0.15) is 0 Å². The molecule has 11 heteroatoms. The van der Waals surface area contributed by atoms with E-state index >= 15 is 0 Å². The van der Waals surface area contributed by atoms with E-state index in [1.165, 1.54) is 17.5 Å². The Hall–Kier alpha value is -1.82. The van der Waals surface area contributed by atoms with Crippen LogP contribution in [-0.4, -0.2) is 70.3 Å². The van der Waals surface area contributed by atoms with E-state index in [1.807, 2.05) is 18.2 Å². The molecule has 1 saturated carbocycles. The molecular formula is C22H33F2N3O5S. The highest BCUT2D eigenvalue weighted by atomic mass is 32.2. The molecule has 1 amide bonds. The average Bonchev–Trinajstić information content (AvgIpc) is 3.10. The van der Waals surface area contributed by atoms with Gasteiger partial charge in [-0.15, -0.1) is 0 Å². The summed E-state index contributed by atoms with van der Waals surface area (Å²) in [4.78, 5) is 13.8. The number of nitrogens with zero attached hydrogens (tertiary/aromatic N) is 1. The van der Waals surface area contributed by atoms with E-state index < -0.39 is 47.5 Å². The van der Waals surface area contributed by atoms with Crippen LogP contribution in [0.3, 0.4) is 0 Å². The van der Waals surface area contributed by atoms with Crippen LogP contribution in [0.5, 0.6) is 0 Å². The molecule has 33 heavy (non-hydrogen) atoms. The maximum absolute atomic E-state index is 12.5. The lowest BCUT2D eigenvalue weighted by Gasteiger charge is -2.33. The van der Waals surface area contributed by atoms with Gasteiger partial charge in [-0.05, 0) is 50.5 Å². The first-order chi connectivity index (χ1) is 15.7. The zero-order valence-electron chi connectivity index (χ0n) is 19.0. The normalized spacial score (nSPS) is 28.3. The molecule has 2 N–H and O–H groups in total. The third kappa shape index (κ3) is 7.08. The van der Waals surface area contributed by atoms with Crippen molar-refractivity contribution in [3.05, 3.63) is 35.9 Å². The van der Waals surface area contributed by atoms with E-state index in [9.17, 15) is 22.0 Å². The first-order valence-electron chi connectivity index (χ1n) is 11.3. The predicted octanol–water partition coefficient (Wildman–Crippen LogP) is 3.02. The van der Waals surface area contributed by atoms with Crippen LogP contribution >= 0.6 is 0 Å². The summed E-state index contributed by atoms with van der Waals surface area (Å²) in [6, 6.07) is 8.64. The molecule has 3 atom stereocenters. The van der Waals surface area contributed by atoms with E-state index in [4.69, 9.17) is 9.47 Å². The van der Waals surface area contributed by atoms with Crippen LogP contribution in [0.25, 0.3) is 0 Å². The van der Waals surface area contributed by atoms with Crippen LogP contribution in [0.1, 0.15) is 50.5 Å². The minimum atomic E-state index is -3.77. The molecule has 1 aromatic carbocycles. The molecule has 1 saturated heterocycles. The van der Waals surface area contributed by atoms with Gasteiger partial charge in [0, 0.05) is 19.1 Å². The number of alkyl halides is 2. The number of amides is 1. The predicted molar refractivity (Wildman–Crippen MR) is 119 cm³/mol. The summed E-state index contributed by atoms with van der Waals surface area (Å²) in [5.74, 6) is 0.480. The Kier molecular flexibility index (Phi) is 9.02. The molecular weight excluding hydrogens is 456 g/mol. The van der Waals surface area contributed by atoms with Crippen molar-refractivity contribution < 1.29 is 31.5 Å². The van der Waals surface area contributed by atoms with Crippen LogP contribution in [0.2, 0.25) is 0 Å². The molecule has 0 bridgehead atoms. The third-order valence-corrected chi connectivity index (χ3v) is 7.61. The highest BCUT2D eigenvalue weighted by Gasteiger charge is 2.44. The van der Waals surface area contributed by atoms with E-state index in [1.54, 1.807) is 6.92 Å². The summed E-state index contributed by atoms with van der Waals surface area (Å²) < 4.78 is 64.9. The first-order valence-corrected chi connectivity index (χ1v) is 12.8. The fourth-order valence-corrected chi connectivity index (χ4v) is 5.56. The summed E-state index contributed by atoms with van der Waals surface area (Å²) in [6.07, 6.45) is 0.295. The quantitative estimate of drug-likeness (QED) is 0.556. The number of halogens is 2. The Morgan fingerprint density at radius 1 is 1.18 bits per heavy atom. The van der Waals surface area contributed by atoms with Crippen LogP contribution in [-0.2, 0) is 19.7 Å². The van der Waals surface area contributed by atoms with Gasteiger partial charge in [0.2, 0.25) is 0 Å². The first kappa shape index (κ1) is 25.8. The lowest BCUT2D eigenvalue weighted by Crippen LogP contribution is -2.52. The number of likely N-dealkylation sites (tertiary alicyclic amines) is 1. The molecule has 2 aliphatic rings. The molecule has 0 radical (unpaired) electrons. The lowest BCUT2D eigenvalue weighted by molar-refractivity contribution is -0.0170. The second-order valence-corrected chi connectivity index (χ2v) is 10.3. The van der Waals surface area contributed by atoms with E-state index in [0.717, 1.165) is 25.7 Å². The van der Waals surface area contributed by atoms with Crippen LogP contribution < -0.4 is 9.44 Å². The second kappa shape index (κ2) is 11.5. The molecule has 3 rings (SSSR count). The maximum Gasteiger partial charge on any atom is 0.410 e. The zero-order valence-corrected chi connectivity index (χ0v) is 19.8. The van der Waals surface area contributed by atoms with Crippen molar-refractivity contribution in [1.29, 1.82) is 0 Å². The number of nitrogens with one attached hydrogen (secondary N) is 2. The third-order valence-electron chi connectivity index (χ3n) is 6.46. The van der Waals surface area contributed by atoms with Gasteiger partial charge in [-0.25, -0.2) is 18.3 Å². The molecule has 1 heterocycles. The van der Waals surface area contributed by atoms with Crippen molar-refractivity contribution in [2.45, 2.75) is 75.6 Å². The number of hydrogen-bond donors (Lipinski definition) is 2. The molecule has 1 aromatic rings. The van der Waals surface area contributed by atoms with Gasteiger partial charge >= 0.3 is 6.09 Å². The van der Waals surface area contributed by atoms with Gasteiger partial charge in [0.05, 0.1) is 18.8 Å². The number of carbonyl (C=O) groups excluding carboxylic acids is 1. The van der Waals surface area contributed by atoms with Crippen LogP contribution in [0, 0.1) is 0 Å². The zero-order chi connectivity index (χ0) is 24.0. The molecule has 0 unspecified atom stereocenters. The highest BCUT2D eigenvalue weighted by molar-refractivity contribution is 7.87. The minimum absolute atomic E-state index is 0.0126. The highest BCUT2D eigenvalue weighted by Crippen LogP contribution is 2.34. The molecule has 0 spiro atoms. The molecule has 186 valence electrons. The van der Waals surface area contributed by atoms with Gasteiger partial charge in [0.25, 0.3) is 16.6 Å². The fourth-order valence-electron chi connectivity index (χ4n) is 4.79. The number of rotatable bonds is 9. The number of hydrogen-bond acceptors (Lipinski definition) is 5. The lowest BCUT2D eigenvalue weighted by atomic mass is 9.83. The van der Waals surface area contributed by atoms with Crippen molar-refractivity contribution in [3.8, 4) is 0 Å². The maximum atomic E-state index is 12.5. The van der Waals surface area contributed by atoms with Crippen molar-refractivity contribution in [1.82, 2.24) is 14.3 Å². The Morgan fingerprint density at radius 2 is 1.85 bits per heavy atom. The standard InChI is InChI=1S/C22H33F2N3O5S/c1-15-12-19(26-33(29,30)25-2)20(27(15)22(28)32-14-21(23)24)13-31-18-10-8-17(9-11-18)16-6-4-3-5-7-16/h3-7,15,17-21,25-26H,8-14H2,1-2H3/t15-,17-,18+,19+,20+/m1/s1. The van der Waals surface area contributed by atoms with E-state index in [0.29, 0.717) is 12.3 Å². The number of benzene rings is 1. The van der Waals surface area contributed by atoms with Crippen molar-refractivity contribution in [2.24, 2.45) is 0 Å². The van der Waals surface area contributed by atoms with Crippen LogP contribution in [0.15, 0.2) is 30.3 Å². The fraction of sp³-hybridized carbons (Fsp3) is 0.682. The van der Waals surface area contributed by atoms with Gasteiger partial charge in [-0.3, -0.25) is 4.90 Å². The summed E-state index contributed by atoms with van der Waals surface area (Å²) in [7, 11) is -2.49. The Bertz CT molecular complexity index is 866. The Labute approximate surface area is 194 Å². The molecule has 2 fully saturated rings. The topological polar surface area (TPSA) is 97.0 Å². The van der Waals surface area contributed by atoms with Crippen molar-refractivity contribution in [3.63, 3.8) is 0 Å². The minimum Gasteiger partial charge on any atom is -0.443 e. The average molecular weight is 490 g/mol. The monoisotopic (exact) mass is 489 g/mol. The SMILES string of the molecule is CNS(=O)(=O)N[C@H]1C[C@@H](C)N(C(=O)OCC(F)F)[C@H]1CO[C@H]1CC[C@@H](c2ccccc2)CC1. The van der Waals surface area contributed by atoms with E-state index in [2.05, 4.69) is 21.6 Å². The molecule has 8 nitrogen and oxygen atoms in total. The number of carbonyl (C=O) groups is 1. The van der Waals surface area contributed by atoms with Gasteiger partial charge in [0.15, 0.2) is 6.61 Å².